The van der Waals surface area contributed by atoms with E-state index >= 15 is 0 Å². The predicted molar refractivity (Wildman–Crippen MR) is 463 cm³/mol. The van der Waals surface area contributed by atoms with E-state index in [2.05, 4.69) is 378 Å². The van der Waals surface area contributed by atoms with E-state index in [0.29, 0.717) is 23.7 Å². The molecule has 0 aliphatic carbocycles. The number of rotatable bonds is 18. The Morgan fingerprint density at radius 1 is 0.274 bits per heavy atom. The number of aryl methyl sites for hydroxylation is 2. The van der Waals surface area contributed by atoms with Crippen LogP contribution in [0.5, 0.6) is 0 Å². The van der Waals surface area contributed by atoms with Crippen LogP contribution < -0.4 is 0 Å². The van der Waals surface area contributed by atoms with Crippen LogP contribution in [0.3, 0.4) is 0 Å². The smallest absolute Gasteiger partial charge is 0.358 e. The minimum atomic E-state index is -0.241. The van der Waals surface area contributed by atoms with Crippen LogP contribution in [-0.2, 0) is 73.3 Å². The van der Waals surface area contributed by atoms with Crippen LogP contribution in [0.1, 0.15) is 167 Å². The van der Waals surface area contributed by atoms with Gasteiger partial charge in [-0.1, -0.05) is 326 Å². The second-order valence-electron chi connectivity index (χ2n) is 33.1. The van der Waals surface area contributed by atoms with Crippen molar-refractivity contribution in [3.05, 3.63) is 341 Å². The molecule has 0 atom stereocenters. The molecule has 0 aliphatic heterocycles. The maximum atomic E-state index is 2.56. The zero-order valence-corrected chi connectivity index (χ0v) is 74.7. The van der Waals surface area contributed by atoms with E-state index in [4.69, 9.17) is 0 Å². The van der Waals surface area contributed by atoms with E-state index < -0.39 is 0 Å². The van der Waals surface area contributed by atoms with E-state index in [1.807, 2.05) is 0 Å². The molecule has 14 rings (SSSR count). The molecule has 0 aromatic heterocycles. The molecule has 0 radical (unpaired) electrons. The maximum Gasteiger partial charge on any atom is 4.00 e. The predicted octanol–water partition coefficient (Wildman–Crippen LogP) is 30.6. The molecule has 14 aromatic carbocycles. The number of hydrogen-bond acceptors (Lipinski definition) is 0. The number of benzene rings is 10. The largest absolute Gasteiger partial charge is 4.00 e. The van der Waals surface area contributed by atoms with Crippen LogP contribution in [0.4, 0.5) is 0 Å². The Morgan fingerprint density at radius 2 is 0.566 bits per heavy atom. The molecule has 0 heterocycles. The second kappa shape index (κ2) is 35.2. The zero-order chi connectivity index (χ0) is 70.4. The summed E-state index contributed by atoms with van der Waals surface area (Å²) in [7, 11) is 0. The van der Waals surface area contributed by atoms with Crippen LogP contribution in [0.2, 0.25) is 0 Å². The molecule has 106 heavy (non-hydrogen) atoms. The van der Waals surface area contributed by atoms with Crippen LogP contribution in [0.15, 0.2) is 267 Å². The molecule has 0 saturated heterocycles. The first-order valence-corrected chi connectivity index (χ1v) is 37.2. The van der Waals surface area contributed by atoms with Gasteiger partial charge in [-0.15, -0.1) is 137 Å². The van der Waals surface area contributed by atoms with E-state index in [0.717, 1.165) is 25.7 Å². The Balaban J connectivity index is 0.000000280. The SMILES string of the molecule is CC(C)CC(CC(C)C)(c1c(-c2ccc(-c3ccccc3)cc2)[cH-]c2ccccc12)c1c(-c2ccc(-c3ccccc3)cc2)[cH-]c2ccccc12.Cc1cc(C(C)(C)C)ccc1-c1cccc2[cH-]c(C(CC(C)C)(CC(C)C)c3cc4c(-c5ccc(C(C)(C)C)cc5C)cccc4[cH-]3)cc12.[CH3-].[CH3-].[CH3-].[CH3-].[Hf+4].[Hf+4]. The Labute approximate surface area is 678 Å². The molecule has 0 aliphatic rings. The normalized spacial score (nSPS) is 11.8. The molecule has 0 fully saturated rings. The molecule has 0 unspecified atom stereocenters. The summed E-state index contributed by atoms with van der Waals surface area (Å²) in [6.45, 7) is 37.6. The molecule has 0 amide bonds. The summed E-state index contributed by atoms with van der Waals surface area (Å²) in [6.07, 6.45) is 4.33. The zero-order valence-electron chi connectivity index (χ0n) is 67.5. The van der Waals surface area contributed by atoms with E-state index in [9.17, 15) is 0 Å². The molecule has 0 nitrogen and oxygen atoms in total. The maximum absolute atomic E-state index is 2.56. The Kier molecular flexibility index (Phi) is 28.4. The third-order valence-corrected chi connectivity index (χ3v) is 21.6. The van der Waals surface area contributed by atoms with Gasteiger partial charge in [-0.3, -0.25) is 0 Å². The average molecular weight is 1720 g/mol. The number of hydrogen-bond donors (Lipinski definition) is 0. The molecule has 540 valence electrons. The summed E-state index contributed by atoms with van der Waals surface area (Å²) in [5.41, 5.74) is 26.9. The molecule has 0 bridgehead atoms. The topological polar surface area (TPSA) is 0 Å². The third kappa shape index (κ3) is 17.4. The Morgan fingerprint density at radius 3 is 0.896 bits per heavy atom. The van der Waals surface area contributed by atoms with Gasteiger partial charge in [0, 0.05) is 0 Å². The van der Waals surface area contributed by atoms with Crippen molar-refractivity contribution in [3.8, 4) is 66.8 Å². The monoisotopic (exact) mass is 1720 g/mol. The molecule has 2 heteroatoms. The van der Waals surface area contributed by atoms with Crippen molar-refractivity contribution in [2.45, 2.75) is 158 Å². The van der Waals surface area contributed by atoms with Crippen LogP contribution in [0, 0.1) is 67.2 Å². The van der Waals surface area contributed by atoms with Gasteiger partial charge in [-0.25, -0.2) is 0 Å². The summed E-state index contributed by atoms with van der Waals surface area (Å²) in [4.78, 5) is 0. The molecule has 14 aromatic rings. The molecule has 0 saturated carbocycles. The quantitative estimate of drug-likeness (QED) is 0.0593. The summed E-state index contributed by atoms with van der Waals surface area (Å²) >= 11 is 0. The van der Waals surface area contributed by atoms with Crippen LogP contribution in [0.25, 0.3) is 110 Å². The van der Waals surface area contributed by atoms with Crippen molar-refractivity contribution < 1.29 is 51.7 Å². The Bertz CT molecular complexity index is 4820. The third-order valence-electron chi connectivity index (χ3n) is 21.6. The fraction of sp³-hybridized carbons (Fsp3) is 0.269. The summed E-state index contributed by atoms with van der Waals surface area (Å²) in [5, 5.41) is 10.8. The summed E-state index contributed by atoms with van der Waals surface area (Å²) in [6, 6.07) is 101. The van der Waals surface area contributed by atoms with Crippen LogP contribution in [-0.4, -0.2) is 0 Å². The van der Waals surface area contributed by atoms with Gasteiger partial charge < -0.3 is 29.7 Å². The van der Waals surface area contributed by atoms with Crippen molar-refractivity contribution in [1.82, 2.24) is 0 Å². The van der Waals surface area contributed by atoms with Gasteiger partial charge in [-0.05, 0) is 128 Å². The van der Waals surface area contributed by atoms with Crippen molar-refractivity contribution in [2.75, 3.05) is 0 Å². The first kappa shape index (κ1) is 85.6. The van der Waals surface area contributed by atoms with Gasteiger partial charge in [0.1, 0.15) is 0 Å². The Hall–Kier alpha value is -7.62. The fourth-order valence-electron chi connectivity index (χ4n) is 17.4. The average Bonchev–Trinajstić information content (AvgIpc) is 1.54. The molecular weight excluding hydrogens is 1610 g/mol. The summed E-state index contributed by atoms with van der Waals surface area (Å²) < 4.78 is 0. The van der Waals surface area contributed by atoms with Gasteiger partial charge in [0.2, 0.25) is 0 Å². The standard InChI is InChI=1S/C51H46.C49H58.4CH3.2Hf/c1-35(2)33-51(34-36(3)4,49-45-21-13-11-19-43(45)31-47(49)41-27-23-39(24-28-41)37-15-7-5-8-16-37)50-46-22-14-12-20-44(46)32-48(50)42-29-25-40(26-30-42)38-17-9-6-10-18-38;1-31(2)29-49(30-32(3)4,39-25-35-15-13-17-43(45(35)27-39)41-21-19-37(23-33(41)5)47(7,8)9)40-26-36-16-14-18-44(46(36)28-40)42-22-20-38(24-34(42)6)48(10,11)12;;;;;;/h5-32,35-36H,33-34H2,1-4H3;13-28,31-32H,29-30H2,1-12H3;4*1H3;;/q2*-2;4*-1;2*+4. The van der Waals surface area contributed by atoms with Gasteiger partial charge in [-0.2, -0.15) is 12.1 Å². The van der Waals surface area contributed by atoms with Gasteiger partial charge in [0.15, 0.2) is 0 Å². The van der Waals surface area contributed by atoms with Gasteiger partial charge in [0.25, 0.3) is 0 Å². The first-order chi connectivity index (χ1) is 47.9. The molecule has 0 spiro atoms. The van der Waals surface area contributed by atoms with Crippen molar-refractivity contribution in [3.63, 3.8) is 0 Å². The second-order valence-corrected chi connectivity index (χ2v) is 33.1. The van der Waals surface area contributed by atoms with Gasteiger partial charge in [0.05, 0.1) is 0 Å². The van der Waals surface area contributed by atoms with Crippen molar-refractivity contribution in [1.29, 1.82) is 0 Å². The van der Waals surface area contributed by atoms with Gasteiger partial charge >= 0.3 is 51.7 Å². The van der Waals surface area contributed by atoms with Crippen molar-refractivity contribution in [2.24, 2.45) is 23.7 Å². The van der Waals surface area contributed by atoms with Crippen LogP contribution >= 0.6 is 0 Å². The fourth-order valence-corrected chi connectivity index (χ4v) is 17.4. The molecule has 0 N–H and O–H groups in total. The van der Waals surface area contributed by atoms with Crippen molar-refractivity contribution >= 4 is 43.1 Å². The first-order valence-electron chi connectivity index (χ1n) is 37.2. The van der Waals surface area contributed by atoms with E-state index in [1.54, 1.807) is 0 Å². The minimum Gasteiger partial charge on any atom is -0.358 e. The van der Waals surface area contributed by atoms with E-state index in [-0.39, 0.29) is 103 Å². The molecular formula is C104H116Hf2. The minimum absolute atomic E-state index is 0. The van der Waals surface area contributed by atoms with E-state index in [1.165, 1.54) is 154 Å². The summed E-state index contributed by atoms with van der Waals surface area (Å²) in [5.74, 6) is 2.06. The number of fused-ring (bicyclic) bond motifs is 4.